The Balaban J connectivity index is 2.06. The van der Waals surface area contributed by atoms with Crippen LogP contribution in [-0.2, 0) is 10.3 Å². The number of benzene rings is 3. The summed E-state index contributed by atoms with van der Waals surface area (Å²) in [6, 6.07) is 17.7. The zero-order valence-electron chi connectivity index (χ0n) is 12.0. The third-order valence-corrected chi connectivity index (χ3v) is 4.30. The lowest BCUT2D eigenvalue weighted by molar-refractivity contribution is 0.0184. The molecule has 0 aliphatic carbocycles. The summed E-state index contributed by atoms with van der Waals surface area (Å²) in [5, 5.41) is 1.68. The fraction of sp³-hybridized carbons (Fsp3) is 0.105. The van der Waals surface area contributed by atoms with Crippen LogP contribution in [0.3, 0.4) is 0 Å². The zero-order valence-corrected chi connectivity index (χ0v) is 12.0. The average Bonchev–Trinajstić information content (AvgIpc) is 2.79. The molecule has 0 amide bonds. The molecule has 3 aromatic carbocycles. The monoisotopic (exact) mass is 292 g/mol. The van der Waals surface area contributed by atoms with Crippen LogP contribution in [0, 0.1) is 5.82 Å². The number of hydrogen-bond acceptors (Lipinski definition) is 2. The van der Waals surface area contributed by atoms with E-state index in [0.29, 0.717) is 11.1 Å². The summed E-state index contributed by atoms with van der Waals surface area (Å²) in [6.07, 6.45) is 0. The largest absolute Gasteiger partial charge is 0.446 e. The smallest absolute Gasteiger partial charge is 0.339 e. The molecule has 0 saturated heterocycles. The molecular formula is C19H13FO2. The topological polar surface area (TPSA) is 26.3 Å². The van der Waals surface area contributed by atoms with Gasteiger partial charge in [-0.05, 0) is 35.9 Å². The highest BCUT2D eigenvalue weighted by molar-refractivity contribution is 5.97. The number of hydrogen-bond donors (Lipinski definition) is 0. The summed E-state index contributed by atoms with van der Waals surface area (Å²) >= 11 is 0. The van der Waals surface area contributed by atoms with Crippen LogP contribution >= 0.6 is 0 Å². The molecule has 0 spiro atoms. The van der Waals surface area contributed by atoms with E-state index < -0.39 is 5.60 Å². The second-order valence-electron chi connectivity index (χ2n) is 5.64. The molecule has 3 aromatic rings. The van der Waals surface area contributed by atoms with E-state index in [1.165, 1.54) is 12.1 Å². The minimum Gasteiger partial charge on any atom is -0.446 e. The molecule has 1 aliphatic heterocycles. The molecule has 1 atom stereocenters. The second kappa shape index (κ2) is 4.41. The molecule has 0 bridgehead atoms. The molecule has 3 heteroatoms. The number of carbonyl (C=O) groups excluding carboxylic acids is 1. The van der Waals surface area contributed by atoms with Gasteiger partial charge in [0.1, 0.15) is 5.82 Å². The van der Waals surface area contributed by atoms with E-state index >= 15 is 0 Å². The van der Waals surface area contributed by atoms with Crippen molar-refractivity contribution in [2.75, 3.05) is 0 Å². The second-order valence-corrected chi connectivity index (χ2v) is 5.64. The Kier molecular flexibility index (Phi) is 2.61. The molecule has 4 rings (SSSR count). The maximum atomic E-state index is 14.1. The minimum absolute atomic E-state index is 0.338. The number of rotatable bonds is 1. The van der Waals surface area contributed by atoms with Crippen molar-refractivity contribution in [1.82, 2.24) is 0 Å². The van der Waals surface area contributed by atoms with Crippen LogP contribution in [0.2, 0.25) is 0 Å². The molecule has 0 radical (unpaired) electrons. The van der Waals surface area contributed by atoms with Crippen molar-refractivity contribution in [3.05, 3.63) is 83.2 Å². The standard InChI is InChI=1S/C19H13FO2/c1-19(16-9-5-4-8-15(16)18(21)22-19)17-11-13(20)10-12-6-2-3-7-14(12)17/h2-11H,1H3. The Morgan fingerprint density at radius 2 is 1.68 bits per heavy atom. The summed E-state index contributed by atoms with van der Waals surface area (Å²) in [6.45, 7) is 1.82. The van der Waals surface area contributed by atoms with Gasteiger partial charge in [-0.2, -0.15) is 0 Å². The van der Waals surface area contributed by atoms with Gasteiger partial charge in [0.15, 0.2) is 5.60 Å². The van der Waals surface area contributed by atoms with Crippen molar-refractivity contribution in [2.45, 2.75) is 12.5 Å². The molecule has 0 N–H and O–H groups in total. The highest BCUT2D eigenvalue weighted by atomic mass is 19.1. The number of carbonyl (C=O) groups is 1. The first kappa shape index (κ1) is 13.0. The maximum absolute atomic E-state index is 14.1. The lowest BCUT2D eigenvalue weighted by Crippen LogP contribution is -2.24. The summed E-state index contributed by atoms with van der Waals surface area (Å²) in [4.78, 5) is 12.2. The van der Waals surface area contributed by atoms with Crippen LogP contribution in [0.4, 0.5) is 4.39 Å². The molecule has 1 heterocycles. The summed E-state index contributed by atoms with van der Waals surface area (Å²) in [5.74, 6) is -0.707. The van der Waals surface area contributed by atoms with Crippen LogP contribution in [0.1, 0.15) is 28.4 Å². The van der Waals surface area contributed by atoms with Gasteiger partial charge in [-0.25, -0.2) is 9.18 Å². The lowest BCUT2D eigenvalue weighted by atomic mass is 9.84. The van der Waals surface area contributed by atoms with Gasteiger partial charge in [0, 0.05) is 11.1 Å². The van der Waals surface area contributed by atoms with Crippen molar-refractivity contribution in [3.63, 3.8) is 0 Å². The highest BCUT2D eigenvalue weighted by Gasteiger charge is 2.43. The molecule has 0 saturated carbocycles. The van der Waals surface area contributed by atoms with E-state index in [4.69, 9.17) is 4.74 Å². The van der Waals surface area contributed by atoms with Crippen molar-refractivity contribution < 1.29 is 13.9 Å². The summed E-state index contributed by atoms with van der Waals surface area (Å²) in [7, 11) is 0. The third kappa shape index (κ3) is 1.69. The van der Waals surface area contributed by atoms with E-state index in [0.717, 1.165) is 16.3 Å². The molecular weight excluding hydrogens is 279 g/mol. The first-order valence-electron chi connectivity index (χ1n) is 7.11. The van der Waals surface area contributed by atoms with Gasteiger partial charge in [-0.15, -0.1) is 0 Å². The summed E-state index contributed by atoms with van der Waals surface area (Å²) in [5.41, 5.74) is 1.01. The molecule has 0 aromatic heterocycles. The maximum Gasteiger partial charge on any atom is 0.339 e. The Hall–Kier alpha value is -2.68. The number of fused-ring (bicyclic) bond motifs is 2. The molecule has 108 valence electrons. The predicted molar refractivity (Wildman–Crippen MR) is 82.2 cm³/mol. The van der Waals surface area contributed by atoms with E-state index in [9.17, 15) is 9.18 Å². The Bertz CT molecular complexity index is 916. The van der Waals surface area contributed by atoms with Crippen LogP contribution in [-0.4, -0.2) is 5.97 Å². The van der Waals surface area contributed by atoms with Crippen molar-refractivity contribution >= 4 is 16.7 Å². The Morgan fingerprint density at radius 1 is 0.955 bits per heavy atom. The summed E-state index contributed by atoms with van der Waals surface area (Å²) < 4.78 is 19.7. The van der Waals surface area contributed by atoms with Gasteiger partial charge >= 0.3 is 5.97 Å². The lowest BCUT2D eigenvalue weighted by Gasteiger charge is -2.26. The van der Waals surface area contributed by atoms with Gasteiger partial charge in [0.05, 0.1) is 5.56 Å². The van der Waals surface area contributed by atoms with Gasteiger partial charge in [0.25, 0.3) is 0 Å². The van der Waals surface area contributed by atoms with E-state index in [1.54, 1.807) is 12.1 Å². The number of esters is 1. The van der Waals surface area contributed by atoms with Crippen LogP contribution in [0.25, 0.3) is 10.8 Å². The predicted octanol–water partition coefficient (Wildman–Crippen LogP) is 4.41. The van der Waals surface area contributed by atoms with Crippen LogP contribution < -0.4 is 0 Å². The van der Waals surface area contributed by atoms with E-state index in [-0.39, 0.29) is 11.8 Å². The molecule has 1 unspecified atom stereocenters. The molecule has 2 nitrogen and oxygen atoms in total. The van der Waals surface area contributed by atoms with E-state index in [2.05, 4.69) is 0 Å². The fourth-order valence-electron chi connectivity index (χ4n) is 3.24. The fourth-order valence-corrected chi connectivity index (χ4v) is 3.24. The van der Waals surface area contributed by atoms with Gasteiger partial charge < -0.3 is 4.74 Å². The SMILES string of the molecule is CC1(c2cc(F)cc3ccccc23)OC(=O)c2ccccc21. The van der Waals surface area contributed by atoms with Crippen LogP contribution in [0.15, 0.2) is 60.7 Å². The van der Waals surface area contributed by atoms with Crippen molar-refractivity contribution in [1.29, 1.82) is 0 Å². The third-order valence-electron chi connectivity index (χ3n) is 4.30. The normalized spacial score (nSPS) is 20.0. The number of cyclic esters (lactones) is 1. The Morgan fingerprint density at radius 3 is 2.55 bits per heavy atom. The number of ether oxygens (including phenoxy) is 1. The Labute approximate surface area is 127 Å². The zero-order chi connectivity index (χ0) is 15.3. The molecule has 1 aliphatic rings. The molecule has 22 heavy (non-hydrogen) atoms. The van der Waals surface area contributed by atoms with E-state index in [1.807, 2.05) is 43.3 Å². The van der Waals surface area contributed by atoms with Gasteiger partial charge in [-0.3, -0.25) is 0 Å². The first-order valence-corrected chi connectivity index (χ1v) is 7.11. The van der Waals surface area contributed by atoms with Crippen LogP contribution in [0.5, 0.6) is 0 Å². The van der Waals surface area contributed by atoms with Gasteiger partial charge in [0.2, 0.25) is 0 Å². The highest BCUT2D eigenvalue weighted by Crippen LogP contribution is 2.44. The quantitative estimate of drug-likeness (QED) is 0.621. The van der Waals surface area contributed by atoms with Crippen molar-refractivity contribution in [3.8, 4) is 0 Å². The molecule has 0 fully saturated rings. The first-order chi connectivity index (χ1) is 10.6. The average molecular weight is 292 g/mol. The minimum atomic E-state index is -0.977. The van der Waals surface area contributed by atoms with Crippen molar-refractivity contribution in [2.24, 2.45) is 0 Å². The van der Waals surface area contributed by atoms with Gasteiger partial charge in [-0.1, -0.05) is 42.5 Å². The number of halogens is 1.